The molecule has 0 aromatic rings. The number of rotatable bonds is 4. The van der Waals surface area contributed by atoms with Gasteiger partial charge in [-0.2, -0.15) is 12.7 Å². The first-order chi connectivity index (χ1) is 8.53. The van der Waals surface area contributed by atoms with Crippen molar-refractivity contribution < 1.29 is 8.42 Å². The summed E-state index contributed by atoms with van der Waals surface area (Å²) in [6, 6.07) is 0. The van der Waals surface area contributed by atoms with Crippen LogP contribution in [0.2, 0.25) is 0 Å². The van der Waals surface area contributed by atoms with E-state index in [1.54, 1.807) is 4.31 Å². The van der Waals surface area contributed by atoms with Crippen LogP contribution in [0.1, 0.15) is 26.2 Å². The monoisotopic (exact) mass is 275 g/mol. The third kappa shape index (κ3) is 3.23. The van der Waals surface area contributed by atoms with E-state index in [9.17, 15) is 8.42 Å². The van der Waals surface area contributed by atoms with Gasteiger partial charge < -0.3 is 4.90 Å². The highest BCUT2D eigenvalue weighted by atomic mass is 32.2. The van der Waals surface area contributed by atoms with Gasteiger partial charge in [0.15, 0.2) is 0 Å². The van der Waals surface area contributed by atoms with Gasteiger partial charge in [-0.15, -0.1) is 0 Å². The highest BCUT2D eigenvalue weighted by Crippen LogP contribution is 2.32. The molecule has 0 aromatic carbocycles. The molecule has 1 N–H and O–H groups in total. The quantitative estimate of drug-likeness (QED) is 0.813. The second-order valence-corrected chi connectivity index (χ2v) is 7.31. The molecule has 0 saturated carbocycles. The zero-order chi connectivity index (χ0) is 13.2. The molecule has 1 atom stereocenters. The summed E-state index contributed by atoms with van der Waals surface area (Å²) in [5, 5.41) is 0. The van der Waals surface area contributed by atoms with Gasteiger partial charge in [0.25, 0.3) is 10.2 Å². The molecule has 0 spiro atoms. The number of nitrogens with one attached hydrogen (secondary N) is 1. The van der Waals surface area contributed by atoms with Gasteiger partial charge in [-0.05, 0) is 51.2 Å². The molecule has 2 aliphatic heterocycles. The molecule has 18 heavy (non-hydrogen) atoms. The summed E-state index contributed by atoms with van der Waals surface area (Å²) in [6.07, 6.45) is 3.46. The highest BCUT2D eigenvalue weighted by Gasteiger charge is 2.35. The molecule has 106 valence electrons. The molecule has 1 unspecified atom stereocenters. The third-order valence-electron chi connectivity index (χ3n) is 4.28. The van der Waals surface area contributed by atoms with E-state index < -0.39 is 10.2 Å². The fourth-order valence-corrected chi connectivity index (χ4v) is 4.41. The summed E-state index contributed by atoms with van der Waals surface area (Å²) >= 11 is 0. The van der Waals surface area contributed by atoms with Gasteiger partial charge in [0.2, 0.25) is 0 Å². The van der Waals surface area contributed by atoms with Crippen molar-refractivity contribution in [2.45, 2.75) is 26.2 Å². The van der Waals surface area contributed by atoms with Crippen LogP contribution < -0.4 is 4.72 Å². The molecule has 2 saturated heterocycles. The first-order valence-corrected chi connectivity index (χ1v) is 8.40. The minimum absolute atomic E-state index is 0.470. The molecule has 2 rings (SSSR count). The Labute approximate surface area is 111 Å². The van der Waals surface area contributed by atoms with Crippen molar-refractivity contribution in [3.63, 3.8) is 0 Å². The lowest BCUT2D eigenvalue weighted by atomic mass is 9.84. The summed E-state index contributed by atoms with van der Waals surface area (Å²) in [6.45, 7) is 6.00. The predicted molar refractivity (Wildman–Crippen MR) is 72.5 cm³/mol. The standard InChI is InChI=1S/C12H25N3O2S/c1-3-13-18(16,17)15-9-6-12(10-15)11-4-7-14(2)8-5-11/h11-13H,3-10H2,1-2H3. The molecule has 6 heteroatoms. The lowest BCUT2D eigenvalue weighted by molar-refractivity contribution is 0.175. The Hall–Kier alpha value is -0.170. The van der Waals surface area contributed by atoms with Gasteiger partial charge in [0.1, 0.15) is 0 Å². The predicted octanol–water partition coefficient (Wildman–Crippen LogP) is 0.504. The van der Waals surface area contributed by atoms with Gasteiger partial charge in [0.05, 0.1) is 0 Å². The number of piperidine rings is 1. The highest BCUT2D eigenvalue weighted by molar-refractivity contribution is 7.87. The average molecular weight is 275 g/mol. The van der Waals surface area contributed by atoms with E-state index in [1.807, 2.05) is 6.92 Å². The van der Waals surface area contributed by atoms with E-state index in [0.717, 1.165) is 19.5 Å². The maximum absolute atomic E-state index is 11.9. The zero-order valence-corrected chi connectivity index (χ0v) is 12.2. The summed E-state index contributed by atoms with van der Waals surface area (Å²) < 4.78 is 28.0. The van der Waals surface area contributed by atoms with E-state index >= 15 is 0 Å². The van der Waals surface area contributed by atoms with Crippen molar-refractivity contribution in [2.24, 2.45) is 11.8 Å². The maximum atomic E-state index is 11.9. The number of hydrogen-bond acceptors (Lipinski definition) is 3. The maximum Gasteiger partial charge on any atom is 0.279 e. The van der Waals surface area contributed by atoms with E-state index in [2.05, 4.69) is 16.7 Å². The third-order valence-corrected chi connectivity index (χ3v) is 5.95. The van der Waals surface area contributed by atoms with Crippen molar-refractivity contribution in [1.29, 1.82) is 0 Å². The van der Waals surface area contributed by atoms with E-state index in [0.29, 0.717) is 31.5 Å². The van der Waals surface area contributed by atoms with Crippen molar-refractivity contribution in [2.75, 3.05) is 39.8 Å². The summed E-state index contributed by atoms with van der Waals surface area (Å²) in [7, 11) is -1.06. The largest absolute Gasteiger partial charge is 0.306 e. The number of nitrogens with zero attached hydrogens (tertiary/aromatic N) is 2. The first kappa shape index (κ1) is 14.2. The van der Waals surface area contributed by atoms with Gasteiger partial charge in [0, 0.05) is 19.6 Å². The average Bonchev–Trinajstić information content (AvgIpc) is 2.80. The molecule has 0 bridgehead atoms. The number of hydrogen-bond donors (Lipinski definition) is 1. The zero-order valence-electron chi connectivity index (χ0n) is 11.4. The normalized spacial score (nSPS) is 28.9. The van der Waals surface area contributed by atoms with Crippen molar-refractivity contribution in [3.8, 4) is 0 Å². The minimum atomic E-state index is -3.22. The van der Waals surface area contributed by atoms with Gasteiger partial charge in [-0.3, -0.25) is 0 Å². The lowest BCUT2D eigenvalue weighted by Gasteiger charge is -2.32. The molecule has 2 fully saturated rings. The van der Waals surface area contributed by atoms with Crippen molar-refractivity contribution in [3.05, 3.63) is 0 Å². The Morgan fingerprint density at radius 3 is 2.33 bits per heavy atom. The van der Waals surface area contributed by atoms with Crippen LogP contribution in [0.25, 0.3) is 0 Å². The fraction of sp³-hybridized carbons (Fsp3) is 1.00. The fourth-order valence-electron chi connectivity index (χ4n) is 3.13. The van der Waals surface area contributed by atoms with E-state index in [4.69, 9.17) is 0 Å². The Morgan fingerprint density at radius 2 is 1.72 bits per heavy atom. The molecular formula is C12H25N3O2S. The molecule has 0 radical (unpaired) electrons. The van der Waals surface area contributed by atoms with Crippen LogP contribution in [0, 0.1) is 11.8 Å². The summed E-state index contributed by atoms with van der Waals surface area (Å²) in [5.74, 6) is 1.27. The van der Waals surface area contributed by atoms with Crippen LogP contribution >= 0.6 is 0 Å². The van der Waals surface area contributed by atoms with Crippen LogP contribution in [-0.2, 0) is 10.2 Å². The van der Waals surface area contributed by atoms with Crippen LogP contribution in [0.4, 0.5) is 0 Å². The molecule has 2 aliphatic rings. The van der Waals surface area contributed by atoms with Gasteiger partial charge in [-0.1, -0.05) is 6.92 Å². The second-order valence-electron chi connectivity index (χ2n) is 5.55. The number of likely N-dealkylation sites (tertiary alicyclic amines) is 1. The minimum Gasteiger partial charge on any atom is -0.306 e. The Bertz CT molecular complexity index is 364. The van der Waals surface area contributed by atoms with Gasteiger partial charge >= 0.3 is 0 Å². The molecule has 2 heterocycles. The van der Waals surface area contributed by atoms with Crippen molar-refractivity contribution >= 4 is 10.2 Å². The van der Waals surface area contributed by atoms with Gasteiger partial charge in [-0.25, -0.2) is 4.72 Å². The smallest absolute Gasteiger partial charge is 0.279 e. The lowest BCUT2D eigenvalue weighted by Crippen LogP contribution is -2.40. The SMILES string of the molecule is CCNS(=O)(=O)N1CCC(C2CCN(C)CC2)C1. The van der Waals surface area contributed by atoms with Crippen LogP contribution in [0.15, 0.2) is 0 Å². The Morgan fingerprint density at radius 1 is 1.11 bits per heavy atom. The molecule has 0 aromatic heterocycles. The van der Waals surface area contributed by atoms with Crippen LogP contribution in [0.5, 0.6) is 0 Å². The molecule has 0 aliphatic carbocycles. The molecule has 5 nitrogen and oxygen atoms in total. The van der Waals surface area contributed by atoms with E-state index in [-0.39, 0.29) is 0 Å². The van der Waals surface area contributed by atoms with Crippen LogP contribution in [-0.4, -0.2) is 57.4 Å². The first-order valence-electron chi connectivity index (χ1n) is 6.96. The molecular weight excluding hydrogens is 250 g/mol. The van der Waals surface area contributed by atoms with E-state index in [1.165, 1.54) is 12.8 Å². The topological polar surface area (TPSA) is 52.7 Å². The Balaban J connectivity index is 1.88. The Kier molecular flexibility index (Phi) is 4.64. The second kappa shape index (κ2) is 5.86. The molecule has 0 amide bonds. The summed E-state index contributed by atoms with van der Waals surface area (Å²) in [5.41, 5.74) is 0. The summed E-state index contributed by atoms with van der Waals surface area (Å²) in [4.78, 5) is 2.36. The van der Waals surface area contributed by atoms with Crippen LogP contribution in [0.3, 0.4) is 0 Å². The van der Waals surface area contributed by atoms with Crippen molar-refractivity contribution in [1.82, 2.24) is 13.9 Å².